The second-order valence-electron chi connectivity index (χ2n) is 8.43. The standard InChI is InChI=1S/C23H30N6O2/c1-4-12-24-21(30)10-9-16-14-25-23(31)22-19(27(16)2)11-13-29(22)15-20-26-17-7-5-6-8-18(17)28(20)3/h1,5-8,16,19,22H,9-15H2,2-3H3,(H,24,30)(H,25,31)/t16-,19-,22-/m0/s1. The highest BCUT2D eigenvalue weighted by Gasteiger charge is 2.45. The van der Waals surface area contributed by atoms with Crippen molar-refractivity contribution in [2.45, 2.75) is 43.9 Å². The van der Waals surface area contributed by atoms with E-state index >= 15 is 0 Å². The molecule has 8 heteroatoms. The van der Waals surface area contributed by atoms with E-state index in [0.29, 0.717) is 25.9 Å². The maximum atomic E-state index is 13.0. The summed E-state index contributed by atoms with van der Waals surface area (Å²) in [6.45, 7) is 2.27. The first-order valence-electron chi connectivity index (χ1n) is 10.8. The van der Waals surface area contributed by atoms with E-state index in [2.05, 4.69) is 44.0 Å². The monoisotopic (exact) mass is 422 g/mol. The molecule has 0 aliphatic carbocycles. The first-order valence-corrected chi connectivity index (χ1v) is 10.8. The van der Waals surface area contributed by atoms with Crippen molar-refractivity contribution in [1.82, 2.24) is 30.0 Å². The van der Waals surface area contributed by atoms with Gasteiger partial charge in [-0.05, 0) is 32.0 Å². The van der Waals surface area contributed by atoms with Gasteiger partial charge in [-0.1, -0.05) is 18.1 Å². The average molecular weight is 423 g/mol. The van der Waals surface area contributed by atoms with Crippen LogP contribution in [0.3, 0.4) is 0 Å². The molecule has 1 aromatic heterocycles. The summed E-state index contributed by atoms with van der Waals surface area (Å²) >= 11 is 0. The summed E-state index contributed by atoms with van der Waals surface area (Å²) in [5.74, 6) is 3.39. The first kappa shape index (κ1) is 21.3. The van der Waals surface area contributed by atoms with Gasteiger partial charge in [0, 0.05) is 38.6 Å². The van der Waals surface area contributed by atoms with E-state index < -0.39 is 0 Å². The Morgan fingerprint density at radius 1 is 1.35 bits per heavy atom. The van der Waals surface area contributed by atoms with Gasteiger partial charge < -0.3 is 15.2 Å². The van der Waals surface area contributed by atoms with E-state index in [1.807, 2.05) is 25.2 Å². The van der Waals surface area contributed by atoms with Crippen LogP contribution in [0.1, 0.15) is 25.1 Å². The predicted molar refractivity (Wildman–Crippen MR) is 119 cm³/mol. The molecule has 0 saturated carbocycles. The summed E-state index contributed by atoms with van der Waals surface area (Å²) in [6, 6.07) is 8.11. The molecule has 2 aliphatic rings. The molecule has 3 atom stereocenters. The number of aromatic nitrogens is 2. The molecule has 0 bridgehead atoms. The molecule has 2 saturated heterocycles. The van der Waals surface area contributed by atoms with E-state index in [-0.39, 0.29) is 36.5 Å². The van der Waals surface area contributed by atoms with Gasteiger partial charge in [0.05, 0.1) is 24.1 Å². The fourth-order valence-corrected chi connectivity index (χ4v) is 4.88. The number of rotatable bonds is 6. The van der Waals surface area contributed by atoms with Gasteiger partial charge in [-0.15, -0.1) is 6.42 Å². The third-order valence-electron chi connectivity index (χ3n) is 6.67. The number of likely N-dealkylation sites (N-methyl/N-ethyl adjacent to an activating group) is 1. The Labute approximate surface area is 183 Å². The lowest BCUT2D eigenvalue weighted by Gasteiger charge is -2.33. The Balaban J connectivity index is 1.45. The van der Waals surface area contributed by atoms with Crippen molar-refractivity contribution in [2.24, 2.45) is 7.05 Å². The Morgan fingerprint density at radius 3 is 2.94 bits per heavy atom. The molecule has 2 amide bonds. The number of hydrogen-bond acceptors (Lipinski definition) is 5. The minimum Gasteiger partial charge on any atom is -0.353 e. The minimum atomic E-state index is -0.218. The molecule has 2 N–H and O–H groups in total. The molecular weight excluding hydrogens is 392 g/mol. The van der Waals surface area contributed by atoms with Crippen LogP contribution in [0.2, 0.25) is 0 Å². The van der Waals surface area contributed by atoms with Crippen LogP contribution in [0.4, 0.5) is 0 Å². The van der Waals surface area contributed by atoms with Crippen LogP contribution < -0.4 is 10.6 Å². The van der Waals surface area contributed by atoms with Gasteiger partial charge in [-0.3, -0.25) is 19.4 Å². The predicted octanol–water partition coefficient (Wildman–Crippen LogP) is 0.476. The summed E-state index contributed by atoms with van der Waals surface area (Å²) in [5, 5.41) is 5.82. The van der Waals surface area contributed by atoms with Crippen LogP contribution >= 0.6 is 0 Å². The Morgan fingerprint density at radius 2 is 2.16 bits per heavy atom. The number of aryl methyl sites for hydroxylation is 1. The normalized spacial score (nSPS) is 24.4. The highest BCUT2D eigenvalue weighted by molar-refractivity contribution is 5.83. The smallest absolute Gasteiger partial charge is 0.239 e. The molecule has 2 aromatic rings. The number of imidazole rings is 1. The van der Waals surface area contributed by atoms with Crippen molar-refractivity contribution >= 4 is 22.8 Å². The van der Waals surface area contributed by atoms with E-state index in [0.717, 1.165) is 29.8 Å². The van der Waals surface area contributed by atoms with Crippen molar-refractivity contribution in [3.8, 4) is 12.3 Å². The molecule has 164 valence electrons. The lowest BCUT2D eigenvalue weighted by atomic mass is 10.0. The van der Waals surface area contributed by atoms with E-state index in [1.54, 1.807) is 0 Å². The maximum absolute atomic E-state index is 13.0. The van der Waals surface area contributed by atoms with Crippen LogP contribution in [0.5, 0.6) is 0 Å². The fourth-order valence-electron chi connectivity index (χ4n) is 4.88. The first-order chi connectivity index (χ1) is 15.0. The van der Waals surface area contributed by atoms with E-state index in [4.69, 9.17) is 11.4 Å². The molecule has 0 radical (unpaired) electrons. The van der Waals surface area contributed by atoms with Gasteiger partial charge in [0.2, 0.25) is 11.8 Å². The number of amides is 2. The van der Waals surface area contributed by atoms with Gasteiger partial charge in [-0.2, -0.15) is 0 Å². The molecule has 2 aliphatic heterocycles. The van der Waals surface area contributed by atoms with E-state index in [9.17, 15) is 9.59 Å². The number of benzene rings is 1. The number of nitrogens with one attached hydrogen (secondary N) is 2. The number of terminal acetylenes is 1. The van der Waals surface area contributed by atoms with Gasteiger partial charge in [0.1, 0.15) is 11.9 Å². The minimum absolute atomic E-state index is 0.0478. The number of para-hydroxylation sites is 2. The molecule has 0 unspecified atom stereocenters. The molecular formula is C23H30N6O2. The average Bonchev–Trinajstić information content (AvgIpc) is 3.30. The van der Waals surface area contributed by atoms with Crippen LogP contribution in [0, 0.1) is 12.3 Å². The van der Waals surface area contributed by atoms with Gasteiger partial charge >= 0.3 is 0 Å². The third-order valence-corrected chi connectivity index (χ3v) is 6.67. The maximum Gasteiger partial charge on any atom is 0.239 e. The highest BCUT2D eigenvalue weighted by Crippen LogP contribution is 2.29. The van der Waals surface area contributed by atoms with Crippen LogP contribution in [0.15, 0.2) is 24.3 Å². The number of nitrogens with zero attached hydrogens (tertiary/aromatic N) is 4. The van der Waals surface area contributed by atoms with Crippen LogP contribution in [-0.2, 0) is 23.2 Å². The Bertz CT molecular complexity index is 1010. The fraction of sp³-hybridized carbons (Fsp3) is 0.522. The highest BCUT2D eigenvalue weighted by atomic mass is 16.2. The quantitative estimate of drug-likeness (QED) is 0.662. The largest absolute Gasteiger partial charge is 0.353 e. The third kappa shape index (κ3) is 4.29. The van der Waals surface area contributed by atoms with Gasteiger partial charge in [0.15, 0.2) is 0 Å². The molecule has 3 heterocycles. The summed E-state index contributed by atoms with van der Waals surface area (Å²) in [7, 11) is 4.10. The van der Waals surface area contributed by atoms with Crippen LogP contribution in [-0.4, -0.2) is 76.0 Å². The zero-order valence-corrected chi connectivity index (χ0v) is 18.2. The van der Waals surface area contributed by atoms with E-state index in [1.165, 1.54) is 0 Å². The summed E-state index contributed by atoms with van der Waals surface area (Å²) in [4.78, 5) is 34.3. The number of hydrogen-bond donors (Lipinski definition) is 2. The van der Waals surface area contributed by atoms with Crippen molar-refractivity contribution in [3.63, 3.8) is 0 Å². The zero-order valence-electron chi connectivity index (χ0n) is 18.2. The second-order valence-corrected chi connectivity index (χ2v) is 8.43. The van der Waals surface area contributed by atoms with Crippen molar-refractivity contribution in [2.75, 3.05) is 26.7 Å². The molecule has 0 spiro atoms. The lowest BCUT2D eigenvalue weighted by molar-refractivity contribution is -0.126. The van der Waals surface area contributed by atoms with Crippen LogP contribution in [0.25, 0.3) is 11.0 Å². The zero-order chi connectivity index (χ0) is 22.0. The van der Waals surface area contributed by atoms with Gasteiger partial charge in [0.25, 0.3) is 0 Å². The number of likely N-dealkylation sites (tertiary alicyclic amines) is 1. The molecule has 1 aromatic carbocycles. The number of carbonyl (C=O) groups is 2. The Kier molecular flexibility index (Phi) is 6.25. The van der Waals surface area contributed by atoms with Crippen molar-refractivity contribution in [3.05, 3.63) is 30.1 Å². The molecule has 31 heavy (non-hydrogen) atoms. The summed E-state index contributed by atoms with van der Waals surface area (Å²) in [5.41, 5.74) is 2.07. The summed E-state index contributed by atoms with van der Waals surface area (Å²) in [6.07, 6.45) is 7.19. The molecule has 8 nitrogen and oxygen atoms in total. The number of carbonyl (C=O) groups excluding carboxylic acids is 2. The number of fused-ring (bicyclic) bond motifs is 2. The second kappa shape index (κ2) is 9.08. The lowest BCUT2D eigenvalue weighted by Crippen LogP contribution is -2.49. The van der Waals surface area contributed by atoms with Gasteiger partial charge in [-0.25, -0.2) is 4.98 Å². The van der Waals surface area contributed by atoms with Crippen molar-refractivity contribution in [1.29, 1.82) is 0 Å². The topological polar surface area (TPSA) is 82.5 Å². The molecule has 2 fully saturated rings. The SMILES string of the molecule is C#CCNC(=O)CC[C@H]1CNC(=O)[C@@H]2[C@H](CCN2Cc2nc3ccccc3n2C)N1C. The summed E-state index contributed by atoms with van der Waals surface area (Å²) < 4.78 is 2.11. The molecule has 4 rings (SSSR count). The van der Waals surface area contributed by atoms with Crippen molar-refractivity contribution < 1.29 is 9.59 Å². The Hall–Kier alpha value is -2.89.